The molecule has 0 heterocycles. The smallest absolute Gasteiger partial charge is 0.328 e. The summed E-state index contributed by atoms with van der Waals surface area (Å²) in [4.78, 5) is 23.6. The molecule has 1 amide bonds. The molecule has 0 aromatic heterocycles. The van der Waals surface area contributed by atoms with Crippen molar-refractivity contribution in [2.24, 2.45) is 0 Å². The lowest BCUT2D eigenvalue weighted by Gasteiger charge is -2.16. The Hall–Kier alpha value is -1.14. The second-order valence-corrected chi connectivity index (χ2v) is 5.82. The molecule has 1 aromatic rings. The molecule has 1 rings (SSSR count). The van der Waals surface area contributed by atoms with Crippen LogP contribution in [0, 0.1) is 0 Å². The van der Waals surface area contributed by atoms with Crippen molar-refractivity contribution in [2.75, 3.05) is 7.11 Å². The molecule has 19 heavy (non-hydrogen) atoms. The van der Waals surface area contributed by atoms with Gasteiger partial charge in [0.1, 0.15) is 6.04 Å². The first-order valence-corrected chi connectivity index (χ1v) is 7.00. The summed E-state index contributed by atoms with van der Waals surface area (Å²) in [5, 5.41) is 2.62. The first-order chi connectivity index (χ1) is 8.93. The Kier molecular flexibility index (Phi) is 6.24. The highest BCUT2D eigenvalue weighted by Gasteiger charge is 2.22. The minimum Gasteiger partial charge on any atom is -0.467 e. The zero-order valence-corrected chi connectivity index (χ0v) is 13.5. The Labute approximate surface area is 128 Å². The van der Waals surface area contributed by atoms with E-state index in [-0.39, 0.29) is 12.3 Å². The molecular formula is C13H13Br2NO3. The van der Waals surface area contributed by atoms with Crippen LogP contribution in [0.5, 0.6) is 0 Å². The topological polar surface area (TPSA) is 55.4 Å². The maximum absolute atomic E-state index is 12.0. The van der Waals surface area contributed by atoms with E-state index in [2.05, 4.69) is 48.5 Å². The predicted molar refractivity (Wildman–Crippen MR) is 80.1 cm³/mol. The molecule has 0 aliphatic rings. The molecule has 0 saturated carbocycles. The number of carbonyl (C=O) groups is 2. The van der Waals surface area contributed by atoms with Gasteiger partial charge in [-0.25, -0.2) is 4.79 Å². The molecule has 102 valence electrons. The number of benzene rings is 1. The maximum Gasteiger partial charge on any atom is 0.328 e. The van der Waals surface area contributed by atoms with Gasteiger partial charge in [-0.2, -0.15) is 0 Å². The fourth-order valence-corrected chi connectivity index (χ4v) is 2.15. The lowest BCUT2D eigenvalue weighted by Crippen LogP contribution is -2.41. The minimum absolute atomic E-state index is 0.270. The largest absolute Gasteiger partial charge is 0.467 e. The van der Waals surface area contributed by atoms with Crippen LogP contribution in [0.3, 0.4) is 0 Å². The SMILES string of the molecule is C=C(Br)C[C@H](NC(=O)c1cccc(Br)c1)C(=O)OC. The first-order valence-electron chi connectivity index (χ1n) is 5.41. The van der Waals surface area contributed by atoms with Crippen LogP contribution >= 0.6 is 31.9 Å². The summed E-state index contributed by atoms with van der Waals surface area (Å²) in [6, 6.07) is 6.14. The summed E-state index contributed by atoms with van der Waals surface area (Å²) >= 11 is 6.46. The number of hydrogen-bond donors (Lipinski definition) is 1. The van der Waals surface area contributed by atoms with E-state index in [9.17, 15) is 9.59 Å². The van der Waals surface area contributed by atoms with Crippen molar-refractivity contribution in [3.8, 4) is 0 Å². The van der Waals surface area contributed by atoms with Crippen LogP contribution in [0.25, 0.3) is 0 Å². The van der Waals surface area contributed by atoms with Crippen LogP contribution in [0.1, 0.15) is 16.8 Å². The summed E-state index contributed by atoms with van der Waals surface area (Å²) < 4.78 is 6.05. The van der Waals surface area contributed by atoms with E-state index in [0.29, 0.717) is 10.0 Å². The normalized spacial score (nSPS) is 11.5. The Morgan fingerprint density at radius 1 is 1.47 bits per heavy atom. The number of methoxy groups -OCH3 is 1. The van der Waals surface area contributed by atoms with Gasteiger partial charge in [-0.3, -0.25) is 4.79 Å². The first kappa shape index (κ1) is 15.9. The molecule has 0 saturated heterocycles. The van der Waals surface area contributed by atoms with Crippen molar-refractivity contribution in [2.45, 2.75) is 12.5 Å². The summed E-state index contributed by atoms with van der Waals surface area (Å²) in [6.45, 7) is 3.66. The van der Waals surface area contributed by atoms with E-state index in [0.717, 1.165) is 4.47 Å². The van der Waals surface area contributed by atoms with E-state index >= 15 is 0 Å². The Morgan fingerprint density at radius 2 is 2.16 bits per heavy atom. The zero-order valence-electron chi connectivity index (χ0n) is 10.3. The average Bonchev–Trinajstić information content (AvgIpc) is 2.36. The summed E-state index contributed by atoms with van der Waals surface area (Å²) in [5.41, 5.74) is 0.462. The van der Waals surface area contributed by atoms with Crippen molar-refractivity contribution in [1.82, 2.24) is 5.32 Å². The van der Waals surface area contributed by atoms with Gasteiger partial charge >= 0.3 is 5.97 Å². The number of nitrogens with one attached hydrogen (secondary N) is 1. The van der Waals surface area contributed by atoms with Crippen LogP contribution in [0.4, 0.5) is 0 Å². The van der Waals surface area contributed by atoms with Crippen molar-refractivity contribution < 1.29 is 14.3 Å². The molecule has 0 unspecified atom stereocenters. The van der Waals surface area contributed by atoms with Gasteiger partial charge in [-0.15, -0.1) is 0 Å². The van der Waals surface area contributed by atoms with Gasteiger partial charge in [0.2, 0.25) is 0 Å². The fourth-order valence-electron chi connectivity index (χ4n) is 1.43. The lowest BCUT2D eigenvalue weighted by molar-refractivity contribution is -0.142. The maximum atomic E-state index is 12.0. The van der Waals surface area contributed by atoms with Gasteiger partial charge < -0.3 is 10.1 Å². The average molecular weight is 391 g/mol. The second kappa shape index (κ2) is 7.45. The molecule has 1 atom stereocenters. The molecule has 0 spiro atoms. The van der Waals surface area contributed by atoms with Crippen molar-refractivity contribution in [1.29, 1.82) is 0 Å². The molecule has 1 aromatic carbocycles. The van der Waals surface area contributed by atoms with Crippen LogP contribution < -0.4 is 5.32 Å². The summed E-state index contributed by atoms with van der Waals surface area (Å²) in [6.07, 6.45) is 0.270. The molecular weight excluding hydrogens is 378 g/mol. The number of esters is 1. The van der Waals surface area contributed by atoms with E-state index < -0.39 is 12.0 Å². The van der Waals surface area contributed by atoms with E-state index in [1.54, 1.807) is 18.2 Å². The van der Waals surface area contributed by atoms with Gasteiger partial charge in [0.15, 0.2) is 0 Å². The quantitative estimate of drug-likeness (QED) is 0.786. The summed E-state index contributed by atoms with van der Waals surface area (Å²) in [5.74, 6) is -0.852. The highest BCUT2D eigenvalue weighted by molar-refractivity contribution is 9.11. The van der Waals surface area contributed by atoms with Crippen LogP contribution in [0.2, 0.25) is 0 Å². The van der Waals surface area contributed by atoms with Crippen molar-refractivity contribution >= 4 is 43.7 Å². The fraction of sp³-hybridized carbons (Fsp3) is 0.231. The van der Waals surface area contributed by atoms with Gasteiger partial charge in [-0.1, -0.05) is 44.5 Å². The lowest BCUT2D eigenvalue weighted by atomic mass is 10.1. The van der Waals surface area contributed by atoms with Crippen molar-refractivity contribution in [3.63, 3.8) is 0 Å². The number of rotatable bonds is 5. The molecule has 0 bridgehead atoms. The molecule has 0 aliphatic carbocycles. The number of amides is 1. The third-order valence-corrected chi connectivity index (χ3v) is 3.12. The summed E-state index contributed by atoms with van der Waals surface area (Å²) in [7, 11) is 1.28. The number of ether oxygens (including phenoxy) is 1. The van der Waals surface area contributed by atoms with Gasteiger partial charge in [0.05, 0.1) is 7.11 Å². The molecule has 0 aliphatic heterocycles. The Balaban J connectivity index is 2.81. The van der Waals surface area contributed by atoms with Gasteiger partial charge in [0, 0.05) is 16.5 Å². The minimum atomic E-state index is -0.761. The predicted octanol–water partition coefficient (Wildman–Crippen LogP) is 3.02. The third kappa shape index (κ3) is 5.16. The van der Waals surface area contributed by atoms with Crippen LogP contribution in [-0.2, 0) is 9.53 Å². The Bertz CT molecular complexity index is 502. The zero-order chi connectivity index (χ0) is 14.4. The molecule has 4 nitrogen and oxygen atoms in total. The molecule has 6 heteroatoms. The number of halogens is 2. The Morgan fingerprint density at radius 3 is 2.68 bits per heavy atom. The van der Waals surface area contributed by atoms with Crippen molar-refractivity contribution in [3.05, 3.63) is 45.4 Å². The van der Waals surface area contributed by atoms with Gasteiger partial charge in [0.25, 0.3) is 5.91 Å². The van der Waals surface area contributed by atoms with Gasteiger partial charge in [-0.05, 0) is 22.7 Å². The van der Waals surface area contributed by atoms with E-state index in [4.69, 9.17) is 0 Å². The standard InChI is InChI=1S/C13H13Br2NO3/c1-8(14)6-11(13(18)19-2)16-12(17)9-4-3-5-10(15)7-9/h3-5,7,11H,1,6H2,2H3,(H,16,17)/t11-/m0/s1. The second-order valence-electron chi connectivity index (χ2n) is 3.78. The highest BCUT2D eigenvalue weighted by Crippen LogP contribution is 2.14. The molecule has 1 N–H and O–H groups in total. The molecule has 0 fully saturated rings. The monoisotopic (exact) mass is 389 g/mol. The van der Waals surface area contributed by atoms with Crippen LogP contribution in [-0.4, -0.2) is 25.0 Å². The number of hydrogen-bond acceptors (Lipinski definition) is 3. The molecule has 0 radical (unpaired) electrons. The van der Waals surface area contributed by atoms with E-state index in [1.165, 1.54) is 7.11 Å². The van der Waals surface area contributed by atoms with Crippen LogP contribution in [0.15, 0.2) is 39.8 Å². The number of carbonyl (C=O) groups excluding carboxylic acids is 2. The highest BCUT2D eigenvalue weighted by atomic mass is 79.9. The van der Waals surface area contributed by atoms with E-state index in [1.807, 2.05) is 6.07 Å². The third-order valence-electron chi connectivity index (χ3n) is 2.30.